The number of nitro benzene ring substituents is 1. The third kappa shape index (κ3) is 2.25. The Morgan fingerprint density at radius 3 is 2.71 bits per heavy atom. The molecule has 0 aliphatic heterocycles. The maximum Gasteiger partial charge on any atom is 0.292 e. The zero-order valence-electron chi connectivity index (χ0n) is 7.59. The summed E-state index contributed by atoms with van der Waals surface area (Å²) in [6.45, 7) is 1.97. The van der Waals surface area contributed by atoms with E-state index in [1.54, 1.807) is 12.1 Å². The van der Waals surface area contributed by atoms with E-state index in [0.717, 1.165) is 6.42 Å². The lowest BCUT2D eigenvalue weighted by Crippen LogP contribution is -1.96. The summed E-state index contributed by atoms with van der Waals surface area (Å²) in [7, 11) is 0. The molecule has 0 radical (unpaired) electrons. The molecular formula is C9H9BrClNO2. The monoisotopic (exact) mass is 277 g/mol. The first-order chi connectivity index (χ1) is 6.57. The number of hydrogen-bond acceptors (Lipinski definition) is 2. The standard InChI is InChI=1S/C9H9BrClNO2/c1-2-3-6-4-5-7(10)8(11)9(6)12(13)14/h4-5H,2-3H2,1H3. The highest BCUT2D eigenvalue weighted by molar-refractivity contribution is 9.10. The number of nitro groups is 1. The van der Waals surface area contributed by atoms with E-state index in [2.05, 4.69) is 15.9 Å². The van der Waals surface area contributed by atoms with Crippen molar-refractivity contribution in [1.29, 1.82) is 0 Å². The fourth-order valence-electron chi connectivity index (χ4n) is 1.25. The van der Waals surface area contributed by atoms with Crippen LogP contribution in [0.1, 0.15) is 18.9 Å². The van der Waals surface area contributed by atoms with Gasteiger partial charge in [-0.05, 0) is 28.4 Å². The van der Waals surface area contributed by atoms with Crippen LogP contribution in [0.2, 0.25) is 5.02 Å². The highest BCUT2D eigenvalue weighted by Gasteiger charge is 2.19. The third-order valence-corrected chi connectivity index (χ3v) is 3.13. The molecule has 5 heteroatoms. The van der Waals surface area contributed by atoms with Crippen LogP contribution in [0.5, 0.6) is 0 Å². The highest BCUT2D eigenvalue weighted by atomic mass is 79.9. The second kappa shape index (κ2) is 4.75. The minimum Gasteiger partial charge on any atom is -0.258 e. The molecule has 0 amide bonds. The summed E-state index contributed by atoms with van der Waals surface area (Å²) >= 11 is 9.00. The average molecular weight is 279 g/mol. The topological polar surface area (TPSA) is 43.1 Å². The molecule has 14 heavy (non-hydrogen) atoms. The molecule has 1 rings (SSSR count). The van der Waals surface area contributed by atoms with Crippen molar-refractivity contribution in [2.24, 2.45) is 0 Å². The summed E-state index contributed by atoms with van der Waals surface area (Å²) in [5, 5.41) is 11.0. The van der Waals surface area contributed by atoms with E-state index in [-0.39, 0.29) is 10.7 Å². The second-order valence-corrected chi connectivity index (χ2v) is 4.11. The summed E-state index contributed by atoms with van der Waals surface area (Å²) in [4.78, 5) is 10.3. The maximum absolute atomic E-state index is 10.8. The molecular weight excluding hydrogens is 269 g/mol. The van der Waals surface area contributed by atoms with Crippen LogP contribution in [0.25, 0.3) is 0 Å². The molecule has 0 aliphatic carbocycles. The normalized spacial score (nSPS) is 10.2. The predicted molar refractivity (Wildman–Crippen MR) is 59.8 cm³/mol. The largest absolute Gasteiger partial charge is 0.292 e. The Balaban J connectivity index is 3.30. The minimum absolute atomic E-state index is 0.0166. The number of benzene rings is 1. The van der Waals surface area contributed by atoms with Crippen molar-refractivity contribution >= 4 is 33.2 Å². The summed E-state index contributed by atoms with van der Waals surface area (Å²) < 4.78 is 0.561. The molecule has 0 N–H and O–H groups in total. The molecule has 0 bridgehead atoms. The molecule has 3 nitrogen and oxygen atoms in total. The van der Waals surface area contributed by atoms with E-state index in [0.29, 0.717) is 16.5 Å². The van der Waals surface area contributed by atoms with Gasteiger partial charge in [0.2, 0.25) is 0 Å². The van der Waals surface area contributed by atoms with Gasteiger partial charge in [-0.1, -0.05) is 31.0 Å². The zero-order valence-corrected chi connectivity index (χ0v) is 9.93. The number of nitrogens with zero attached hydrogens (tertiary/aromatic N) is 1. The van der Waals surface area contributed by atoms with Gasteiger partial charge in [0.15, 0.2) is 0 Å². The van der Waals surface area contributed by atoms with Gasteiger partial charge in [0.1, 0.15) is 5.02 Å². The summed E-state index contributed by atoms with van der Waals surface area (Å²) in [5.74, 6) is 0. The van der Waals surface area contributed by atoms with Crippen molar-refractivity contribution in [2.45, 2.75) is 19.8 Å². The van der Waals surface area contributed by atoms with Gasteiger partial charge in [0.05, 0.1) is 4.92 Å². The summed E-state index contributed by atoms with van der Waals surface area (Å²) in [6.07, 6.45) is 1.53. The van der Waals surface area contributed by atoms with Gasteiger partial charge in [-0.3, -0.25) is 10.1 Å². The Labute approximate surface area is 95.4 Å². The van der Waals surface area contributed by atoms with Gasteiger partial charge >= 0.3 is 0 Å². The fraction of sp³-hybridized carbons (Fsp3) is 0.333. The number of hydrogen-bond donors (Lipinski definition) is 0. The van der Waals surface area contributed by atoms with E-state index in [4.69, 9.17) is 11.6 Å². The van der Waals surface area contributed by atoms with Crippen LogP contribution in [0.3, 0.4) is 0 Å². The average Bonchev–Trinajstić information content (AvgIpc) is 2.11. The lowest BCUT2D eigenvalue weighted by atomic mass is 10.1. The van der Waals surface area contributed by atoms with Crippen molar-refractivity contribution in [3.63, 3.8) is 0 Å². The van der Waals surface area contributed by atoms with E-state index in [1.165, 1.54) is 0 Å². The van der Waals surface area contributed by atoms with Crippen molar-refractivity contribution in [2.75, 3.05) is 0 Å². The smallest absolute Gasteiger partial charge is 0.258 e. The molecule has 1 aromatic rings. The van der Waals surface area contributed by atoms with Crippen LogP contribution in [0, 0.1) is 10.1 Å². The van der Waals surface area contributed by atoms with Gasteiger partial charge in [0, 0.05) is 10.0 Å². The highest BCUT2D eigenvalue weighted by Crippen LogP contribution is 2.35. The molecule has 0 aliphatic rings. The lowest BCUT2D eigenvalue weighted by Gasteiger charge is -2.04. The number of rotatable bonds is 3. The molecule has 0 saturated heterocycles. The minimum atomic E-state index is -0.432. The molecule has 0 aromatic heterocycles. The second-order valence-electron chi connectivity index (χ2n) is 2.88. The van der Waals surface area contributed by atoms with Gasteiger partial charge in [-0.25, -0.2) is 0 Å². The van der Waals surface area contributed by atoms with Crippen molar-refractivity contribution < 1.29 is 4.92 Å². The molecule has 0 fully saturated rings. The Kier molecular flexibility index (Phi) is 3.89. The summed E-state index contributed by atoms with van der Waals surface area (Å²) in [5.41, 5.74) is 0.702. The Hall–Kier alpha value is -0.610. The molecule has 0 heterocycles. The van der Waals surface area contributed by atoms with Crippen molar-refractivity contribution in [1.82, 2.24) is 0 Å². The zero-order chi connectivity index (χ0) is 10.7. The predicted octanol–water partition coefficient (Wildman–Crippen LogP) is 3.96. The SMILES string of the molecule is CCCc1ccc(Br)c(Cl)c1[N+](=O)[O-]. The summed E-state index contributed by atoms with van der Waals surface area (Å²) in [6, 6.07) is 3.47. The van der Waals surface area contributed by atoms with E-state index < -0.39 is 4.92 Å². The van der Waals surface area contributed by atoms with Crippen LogP contribution in [-0.4, -0.2) is 4.92 Å². The Morgan fingerprint density at radius 2 is 2.21 bits per heavy atom. The molecule has 0 unspecified atom stereocenters. The third-order valence-electron chi connectivity index (χ3n) is 1.85. The van der Waals surface area contributed by atoms with Gasteiger partial charge < -0.3 is 0 Å². The van der Waals surface area contributed by atoms with Crippen LogP contribution >= 0.6 is 27.5 Å². The van der Waals surface area contributed by atoms with Crippen LogP contribution < -0.4 is 0 Å². The van der Waals surface area contributed by atoms with E-state index in [9.17, 15) is 10.1 Å². The first-order valence-corrected chi connectivity index (χ1v) is 5.36. The first-order valence-electron chi connectivity index (χ1n) is 4.19. The Morgan fingerprint density at radius 1 is 1.57 bits per heavy atom. The van der Waals surface area contributed by atoms with Crippen molar-refractivity contribution in [3.05, 3.63) is 37.3 Å². The molecule has 1 aromatic carbocycles. The van der Waals surface area contributed by atoms with E-state index in [1.807, 2.05) is 6.92 Å². The van der Waals surface area contributed by atoms with Crippen LogP contribution in [-0.2, 0) is 6.42 Å². The quantitative estimate of drug-likeness (QED) is 0.620. The number of halogens is 2. The maximum atomic E-state index is 10.8. The first kappa shape index (κ1) is 11.5. The molecule has 0 atom stereocenters. The van der Waals surface area contributed by atoms with Gasteiger partial charge in [-0.2, -0.15) is 0 Å². The number of aryl methyl sites for hydroxylation is 1. The molecule has 0 saturated carbocycles. The Bertz CT molecular complexity index is 368. The van der Waals surface area contributed by atoms with Gasteiger partial charge in [-0.15, -0.1) is 0 Å². The van der Waals surface area contributed by atoms with E-state index >= 15 is 0 Å². The molecule has 76 valence electrons. The molecule has 0 spiro atoms. The fourth-order valence-corrected chi connectivity index (χ4v) is 1.82. The van der Waals surface area contributed by atoms with Crippen molar-refractivity contribution in [3.8, 4) is 0 Å². The van der Waals surface area contributed by atoms with Crippen LogP contribution in [0.15, 0.2) is 16.6 Å². The van der Waals surface area contributed by atoms with Crippen LogP contribution in [0.4, 0.5) is 5.69 Å². The lowest BCUT2D eigenvalue weighted by molar-refractivity contribution is -0.385. The van der Waals surface area contributed by atoms with Gasteiger partial charge in [0.25, 0.3) is 5.69 Å².